The Hall–Kier alpha value is -3.48. The fraction of sp³-hybridized carbons (Fsp3) is 0.304. The molecule has 1 aliphatic rings. The first-order chi connectivity index (χ1) is 14.6. The average Bonchev–Trinajstić information content (AvgIpc) is 3.26. The molecule has 4 rings (SSSR count). The number of rotatable bonds is 6. The van der Waals surface area contributed by atoms with Gasteiger partial charge in [0.1, 0.15) is 22.8 Å². The number of carbonyl (C=O) groups excluding carboxylic acids is 1. The van der Waals surface area contributed by atoms with Gasteiger partial charge in [0.2, 0.25) is 0 Å². The molecule has 7 heteroatoms. The zero-order valence-electron chi connectivity index (χ0n) is 16.9. The van der Waals surface area contributed by atoms with E-state index in [2.05, 4.69) is 0 Å². The van der Waals surface area contributed by atoms with Crippen molar-refractivity contribution < 1.29 is 23.4 Å². The number of methoxy groups -OCH3 is 2. The maximum Gasteiger partial charge on any atom is 0.336 e. The fourth-order valence-corrected chi connectivity index (χ4v) is 3.85. The lowest BCUT2D eigenvalue weighted by Crippen LogP contribution is -2.34. The fourth-order valence-electron chi connectivity index (χ4n) is 3.85. The second kappa shape index (κ2) is 8.49. The Morgan fingerprint density at radius 1 is 1.07 bits per heavy atom. The van der Waals surface area contributed by atoms with Crippen molar-refractivity contribution in [3.63, 3.8) is 0 Å². The van der Waals surface area contributed by atoms with Crippen LogP contribution in [0.3, 0.4) is 0 Å². The molecule has 2 aromatic carbocycles. The van der Waals surface area contributed by atoms with Gasteiger partial charge in [-0.05, 0) is 49.2 Å². The highest BCUT2D eigenvalue weighted by Gasteiger charge is 2.32. The van der Waals surface area contributed by atoms with Crippen molar-refractivity contribution in [1.29, 1.82) is 0 Å². The number of nitrogens with zero attached hydrogens (tertiary/aromatic N) is 1. The molecule has 30 heavy (non-hydrogen) atoms. The standard InChI is InChI=1S/C23H23NO6/c1-27-16-8-9-20(28-2)18(12-16)19-4-3-11-24(19)22(25)14-29-17-7-5-15-6-10-23(26)30-21(15)13-17/h5-10,12-13,19H,3-4,11,14H2,1-2H3. The van der Waals surface area contributed by atoms with Crippen LogP contribution >= 0.6 is 0 Å². The van der Waals surface area contributed by atoms with Crippen LogP contribution in [0.15, 0.2) is 57.7 Å². The highest BCUT2D eigenvalue weighted by Crippen LogP contribution is 2.39. The van der Waals surface area contributed by atoms with Gasteiger partial charge in [0.15, 0.2) is 6.61 Å². The summed E-state index contributed by atoms with van der Waals surface area (Å²) in [5, 5.41) is 0.790. The highest BCUT2D eigenvalue weighted by atomic mass is 16.5. The Morgan fingerprint density at radius 2 is 1.87 bits per heavy atom. The van der Waals surface area contributed by atoms with Crippen LogP contribution in [-0.4, -0.2) is 38.2 Å². The highest BCUT2D eigenvalue weighted by molar-refractivity contribution is 5.80. The van der Waals surface area contributed by atoms with Crippen LogP contribution in [0.4, 0.5) is 0 Å². The molecule has 0 bridgehead atoms. The lowest BCUT2D eigenvalue weighted by Gasteiger charge is -2.26. The van der Waals surface area contributed by atoms with Crippen LogP contribution in [0.2, 0.25) is 0 Å². The Balaban J connectivity index is 1.50. The predicted octanol–water partition coefficient (Wildman–Crippen LogP) is 3.55. The van der Waals surface area contributed by atoms with Gasteiger partial charge < -0.3 is 23.5 Å². The van der Waals surface area contributed by atoms with Gasteiger partial charge in [-0.15, -0.1) is 0 Å². The minimum absolute atomic E-state index is 0.0965. The summed E-state index contributed by atoms with van der Waals surface area (Å²) in [5.74, 6) is 1.81. The lowest BCUT2D eigenvalue weighted by atomic mass is 10.0. The van der Waals surface area contributed by atoms with E-state index in [1.807, 2.05) is 23.1 Å². The number of fused-ring (bicyclic) bond motifs is 1. The van der Waals surface area contributed by atoms with Crippen molar-refractivity contribution in [2.24, 2.45) is 0 Å². The van der Waals surface area contributed by atoms with Gasteiger partial charge in [-0.2, -0.15) is 0 Å². The minimum Gasteiger partial charge on any atom is -0.497 e. The van der Waals surface area contributed by atoms with Crippen molar-refractivity contribution in [1.82, 2.24) is 4.90 Å². The van der Waals surface area contributed by atoms with E-state index >= 15 is 0 Å². The normalized spacial score (nSPS) is 15.9. The van der Waals surface area contributed by atoms with Gasteiger partial charge in [0.25, 0.3) is 5.91 Å². The molecule has 1 atom stereocenters. The molecule has 1 amide bonds. The summed E-state index contributed by atoms with van der Waals surface area (Å²) in [7, 11) is 3.23. The Labute approximate surface area is 173 Å². The van der Waals surface area contributed by atoms with E-state index in [4.69, 9.17) is 18.6 Å². The molecule has 0 saturated carbocycles. The van der Waals surface area contributed by atoms with Gasteiger partial charge >= 0.3 is 5.63 Å². The third kappa shape index (κ3) is 3.96. The Morgan fingerprint density at radius 3 is 2.67 bits per heavy atom. The van der Waals surface area contributed by atoms with Crippen molar-refractivity contribution in [2.45, 2.75) is 18.9 Å². The van der Waals surface area contributed by atoms with E-state index in [1.165, 1.54) is 6.07 Å². The SMILES string of the molecule is COc1ccc(OC)c(C2CCCN2C(=O)COc2ccc3ccc(=O)oc3c2)c1. The van der Waals surface area contributed by atoms with E-state index in [1.54, 1.807) is 38.5 Å². The summed E-state index contributed by atoms with van der Waals surface area (Å²) in [6, 6.07) is 13.7. The van der Waals surface area contributed by atoms with E-state index in [-0.39, 0.29) is 18.6 Å². The molecular formula is C23H23NO6. The number of hydrogen-bond acceptors (Lipinski definition) is 6. The summed E-state index contributed by atoms with van der Waals surface area (Å²) >= 11 is 0. The van der Waals surface area contributed by atoms with E-state index in [0.717, 1.165) is 35.3 Å². The van der Waals surface area contributed by atoms with Crippen molar-refractivity contribution >= 4 is 16.9 Å². The molecule has 0 N–H and O–H groups in total. The van der Waals surface area contributed by atoms with Crippen LogP contribution in [0.1, 0.15) is 24.4 Å². The smallest absolute Gasteiger partial charge is 0.336 e. The predicted molar refractivity (Wildman–Crippen MR) is 111 cm³/mol. The van der Waals surface area contributed by atoms with E-state index in [0.29, 0.717) is 17.9 Å². The van der Waals surface area contributed by atoms with Crippen molar-refractivity contribution in [3.8, 4) is 17.2 Å². The average molecular weight is 409 g/mol. The molecule has 3 aromatic rings. The van der Waals surface area contributed by atoms with Crippen LogP contribution in [0, 0.1) is 0 Å². The maximum atomic E-state index is 12.9. The molecule has 156 valence electrons. The molecule has 1 unspecified atom stereocenters. The van der Waals surface area contributed by atoms with Gasteiger partial charge in [0, 0.05) is 29.6 Å². The maximum absolute atomic E-state index is 12.9. The first-order valence-corrected chi connectivity index (χ1v) is 9.77. The van der Waals surface area contributed by atoms with E-state index in [9.17, 15) is 9.59 Å². The molecular weight excluding hydrogens is 386 g/mol. The largest absolute Gasteiger partial charge is 0.497 e. The lowest BCUT2D eigenvalue weighted by molar-refractivity contribution is -0.134. The number of benzene rings is 2. The van der Waals surface area contributed by atoms with Crippen molar-refractivity contribution in [3.05, 3.63) is 64.5 Å². The zero-order chi connectivity index (χ0) is 21.1. The molecule has 2 heterocycles. The summed E-state index contributed by atoms with van der Waals surface area (Å²) in [6.45, 7) is 0.547. The molecule has 1 aliphatic heterocycles. The number of likely N-dealkylation sites (tertiary alicyclic amines) is 1. The molecule has 1 fully saturated rings. The number of hydrogen-bond donors (Lipinski definition) is 0. The van der Waals surface area contributed by atoms with E-state index < -0.39 is 5.63 Å². The van der Waals surface area contributed by atoms with Crippen LogP contribution in [0.25, 0.3) is 11.0 Å². The second-order valence-electron chi connectivity index (χ2n) is 7.10. The van der Waals surface area contributed by atoms with Gasteiger partial charge in [-0.3, -0.25) is 4.79 Å². The molecule has 1 saturated heterocycles. The van der Waals surface area contributed by atoms with Gasteiger partial charge in [-0.1, -0.05) is 0 Å². The Kier molecular flexibility index (Phi) is 5.61. The third-order valence-electron chi connectivity index (χ3n) is 5.33. The van der Waals surface area contributed by atoms with Crippen molar-refractivity contribution in [2.75, 3.05) is 27.4 Å². The molecule has 0 aliphatic carbocycles. The summed E-state index contributed by atoms with van der Waals surface area (Å²) in [5.41, 5.74) is 0.922. The quantitative estimate of drug-likeness (QED) is 0.580. The molecule has 0 spiro atoms. The minimum atomic E-state index is -0.428. The number of ether oxygens (including phenoxy) is 3. The van der Waals surface area contributed by atoms with Crippen LogP contribution < -0.4 is 19.8 Å². The van der Waals surface area contributed by atoms with Gasteiger partial charge in [-0.25, -0.2) is 4.79 Å². The first kappa shape index (κ1) is 19.8. The molecule has 0 radical (unpaired) electrons. The molecule has 1 aromatic heterocycles. The topological polar surface area (TPSA) is 78.2 Å². The Bertz CT molecular complexity index is 1120. The zero-order valence-corrected chi connectivity index (χ0v) is 16.9. The van der Waals surface area contributed by atoms with Crippen LogP contribution in [0.5, 0.6) is 17.2 Å². The molecule has 7 nitrogen and oxygen atoms in total. The third-order valence-corrected chi connectivity index (χ3v) is 5.33. The monoisotopic (exact) mass is 409 g/mol. The van der Waals surface area contributed by atoms with Gasteiger partial charge in [0.05, 0.1) is 20.3 Å². The summed E-state index contributed by atoms with van der Waals surface area (Å²) in [4.78, 5) is 26.2. The second-order valence-corrected chi connectivity index (χ2v) is 7.10. The van der Waals surface area contributed by atoms with Crippen LogP contribution in [-0.2, 0) is 4.79 Å². The number of amides is 1. The summed E-state index contributed by atoms with van der Waals surface area (Å²) in [6.07, 6.45) is 1.74. The first-order valence-electron chi connectivity index (χ1n) is 9.77. The number of carbonyl (C=O) groups is 1. The summed E-state index contributed by atoms with van der Waals surface area (Å²) < 4.78 is 21.7.